The van der Waals surface area contributed by atoms with E-state index < -0.39 is 6.10 Å². The Morgan fingerprint density at radius 2 is 2.12 bits per heavy atom. The van der Waals surface area contributed by atoms with Crippen molar-refractivity contribution in [1.82, 2.24) is 24.8 Å². The zero-order chi connectivity index (χ0) is 23.2. The second-order valence-corrected chi connectivity index (χ2v) is 8.42. The fraction of sp³-hybridized carbons (Fsp3) is 0.478. The Hall–Kier alpha value is -3.08. The number of nitrogens with one attached hydrogen (secondary N) is 2. The van der Waals surface area contributed by atoms with Gasteiger partial charge in [-0.25, -0.2) is 19.9 Å². The van der Waals surface area contributed by atoms with Crippen LogP contribution >= 0.6 is 0 Å². The van der Waals surface area contributed by atoms with Gasteiger partial charge in [0.05, 0.1) is 30.6 Å². The minimum Gasteiger partial charge on any atom is -0.491 e. The van der Waals surface area contributed by atoms with E-state index in [1.165, 1.54) is 0 Å². The van der Waals surface area contributed by atoms with E-state index in [2.05, 4.69) is 35.5 Å². The van der Waals surface area contributed by atoms with Crippen LogP contribution in [-0.4, -0.2) is 76.4 Å². The highest BCUT2D eigenvalue weighted by Gasteiger charge is 2.18. The molecule has 1 aliphatic heterocycles. The van der Waals surface area contributed by atoms with Gasteiger partial charge >= 0.3 is 0 Å². The van der Waals surface area contributed by atoms with Gasteiger partial charge in [0, 0.05) is 24.7 Å². The normalized spacial score (nSPS) is 17.2. The number of hydrogen-bond acceptors (Lipinski definition) is 10. The van der Waals surface area contributed by atoms with Gasteiger partial charge in [0.1, 0.15) is 23.7 Å². The van der Waals surface area contributed by atoms with Gasteiger partial charge < -0.3 is 30.1 Å². The van der Waals surface area contributed by atoms with E-state index >= 15 is 0 Å². The largest absolute Gasteiger partial charge is 0.491 e. The lowest BCUT2D eigenvalue weighted by Gasteiger charge is -2.24. The second kappa shape index (κ2) is 10.7. The summed E-state index contributed by atoms with van der Waals surface area (Å²) < 4.78 is 11.3. The molecule has 4 heterocycles. The van der Waals surface area contributed by atoms with Crippen molar-refractivity contribution in [2.45, 2.75) is 31.9 Å². The standard InChI is InChI=1S/C23H31N7O3/c1-15(31)19-11-16-12-25-23(28-20-7-6-18(13-24-20)33-10-8-30(2)3)29-21(16)22(27-19)26-17-5-4-9-32-14-17/h6-7,11-13,15,17,31H,4-5,8-10,14H2,1-3H3,(H,26,27)(H,24,25,28,29)/t15-,17+/m1/s1. The monoisotopic (exact) mass is 453 g/mol. The third kappa shape index (κ3) is 6.25. The quantitative estimate of drug-likeness (QED) is 0.446. The van der Waals surface area contributed by atoms with Crippen molar-refractivity contribution in [2.75, 3.05) is 51.1 Å². The fourth-order valence-electron chi connectivity index (χ4n) is 3.48. The van der Waals surface area contributed by atoms with Gasteiger partial charge in [0.25, 0.3) is 0 Å². The molecule has 1 fully saturated rings. The third-order valence-electron chi connectivity index (χ3n) is 5.30. The van der Waals surface area contributed by atoms with Gasteiger partial charge in [0.15, 0.2) is 5.82 Å². The molecule has 10 nitrogen and oxygen atoms in total. The van der Waals surface area contributed by atoms with Crippen LogP contribution < -0.4 is 15.4 Å². The number of ether oxygens (including phenoxy) is 2. The minimum absolute atomic E-state index is 0.145. The fourth-order valence-corrected chi connectivity index (χ4v) is 3.48. The maximum Gasteiger partial charge on any atom is 0.229 e. The van der Waals surface area contributed by atoms with E-state index in [0.717, 1.165) is 31.4 Å². The predicted octanol–water partition coefficient (Wildman–Crippen LogP) is 2.75. The van der Waals surface area contributed by atoms with Crippen LogP contribution in [-0.2, 0) is 4.74 Å². The first-order chi connectivity index (χ1) is 16.0. The predicted molar refractivity (Wildman–Crippen MR) is 127 cm³/mol. The number of anilines is 3. The first-order valence-electron chi connectivity index (χ1n) is 11.2. The Bertz CT molecular complexity index is 1050. The average Bonchev–Trinajstić information content (AvgIpc) is 2.81. The van der Waals surface area contributed by atoms with Crippen molar-refractivity contribution >= 4 is 28.5 Å². The van der Waals surface area contributed by atoms with Gasteiger partial charge in [-0.15, -0.1) is 0 Å². The number of nitrogens with zero attached hydrogens (tertiary/aromatic N) is 5. The van der Waals surface area contributed by atoms with Crippen LogP contribution in [0.3, 0.4) is 0 Å². The minimum atomic E-state index is -0.696. The van der Waals surface area contributed by atoms with Crippen molar-refractivity contribution in [3.63, 3.8) is 0 Å². The number of aromatic nitrogens is 4. The van der Waals surface area contributed by atoms with Crippen LogP contribution in [0.2, 0.25) is 0 Å². The highest BCUT2D eigenvalue weighted by Crippen LogP contribution is 2.26. The van der Waals surface area contributed by atoms with Gasteiger partial charge in [-0.05, 0) is 52.1 Å². The number of rotatable bonds is 9. The second-order valence-electron chi connectivity index (χ2n) is 8.42. The average molecular weight is 454 g/mol. The molecule has 0 bridgehead atoms. The van der Waals surface area contributed by atoms with Crippen molar-refractivity contribution in [3.05, 3.63) is 36.3 Å². The zero-order valence-electron chi connectivity index (χ0n) is 19.3. The summed E-state index contributed by atoms with van der Waals surface area (Å²) in [5.41, 5.74) is 1.24. The van der Waals surface area contributed by atoms with Gasteiger partial charge in [-0.3, -0.25) is 0 Å². The molecule has 0 radical (unpaired) electrons. The molecule has 10 heteroatoms. The van der Waals surface area contributed by atoms with Crippen molar-refractivity contribution in [3.8, 4) is 5.75 Å². The number of fused-ring (bicyclic) bond motifs is 1. The number of hydrogen-bond donors (Lipinski definition) is 3. The molecule has 0 unspecified atom stereocenters. The van der Waals surface area contributed by atoms with Crippen molar-refractivity contribution in [2.24, 2.45) is 0 Å². The van der Waals surface area contributed by atoms with Crippen molar-refractivity contribution < 1.29 is 14.6 Å². The Balaban J connectivity index is 1.53. The van der Waals surface area contributed by atoms with E-state index in [0.29, 0.717) is 47.8 Å². The molecule has 1 saturated heterocycles. The van der Waals surface area contributed by atoms with E-state index in [1.54, 1.807) is 19.3 Å². The highest BCUT2D eigenvalue weighted by atomic mass is 16.5. The Morgan fingerprint density at radius 3 is 2.82 bits per heavy atom. The molecule has 4 rings (SSSR count). The van der Waals surface area contributed by atoms with Crippen LogP contribution in [0.25, 0.3) is 10.9 Å². The summed E-state index contributed by atoms with van der Waals surface area (Å²) in [6.07, 6.45) is 4.68. The topological polar surface area (TPSA) is 118 Å². The number of pyridine rings is 2. The highest BCUT2D eigenvalue weighted by molar-refractivity contribution is 5.89. The molecule has 3 aromatic heterocycles. The smallest absolute Gasteiger partial charge is 0.229 e. The number of aliphatic hydroxyl groups excluding tert-OH is 1. The van der Waals surface area contributed by atoms with E-state index in [9.17, 15) is 5.11 Å². The summed E-state index contributed by atoms with van der Waals surface area (Å²) in [5, 5.41) is 17.5. The molecule has 0 aliphatic carbocycles. The van der Waals surface area contributed by atoms with Gasteiger partial charge in [0.2, 0.25) is 5.95 Å². The first-order valence-corrected chi connectivity index (χ1v) is 11.2. The summed E-state index contributed by atoms with van der Waals surface area (Å²) >= 11 is 0. The number of likely N-dealkylation sites (N-methyl/N-ethyl adjacent to an activating group) is 1. The maximum absolute atomic E-state index is 10.1. The van der Waals surface area contributed by atoms with Gasteiger partial charge in [-0.1, -0.05) is 0 Å². The maximum atomic E-state index is 10.1. The molecule has 0 saturated carbocycles. The lowest BCUT2D eigenvalue weighted by molar-refractivity contribution is 0.0875. The number of aliphatic hydroxyl groups is 1. The summed E-state index contributed by atoms with van der Waals surface area (Å²) in [5.74, 6) is 2.34. The molecule has 0 aromatic carbocycles. The van der Waals surface area contributed by atoms with Crippen LogP contribution in [0.1, 0.15) is 31.6 Å². The summed E-state index contributed by atoms with van der Waals surface area (Å²) in [6.45, 7) is 4.52. The molecule has 176 valence electrons. The Morgan fingerprint density at radius 1 is 1.24 bits per heavy atom. The van der Waals surface area contributed by atoms with E-state index in [4.69, 9.17) is 9.47 Å². The van der Waals surface area contributed by atoms with Crippen LogP contribution in [0, 0.1) is 0 Å². The lowest BCUT2D eigenvalue weighted by atomic mass is 10.1. The van der Waals surface area contributed by atoms with Crippen molar-refractivity contribution in [1.29, 1.82) is 0 Å². The summed E-state index contributed by atoms with van der Waals surface area (Å²) in [6, 6.07) is 5.64. The van der Waals surface area contributed by atoms with Gasteiger partial charge in [-0.2, -0.15) is 0 Å². The lowest BCUT2D eigenvalue weighted by Crippen LogP contribution is -2.30. The summed E-state index contributed by atoms with van der Waals surface area (Å²) in [7, 11) is 4.01. The Labute approximate surface area is 193 Å². The third-order valence-corrected chi connectivity index (χ3v) is 5.30. The molecule has 2 atom stereocenters. The van der Waals surface area contributed by atoms with E-state index in [1.807, 2.05) is 32.3 Å². The molecule has 33 heavy (non-hydrogen) atoms. The van der Waals surface area contributed by atoms with E-state index in [-0.39, 0.29) is 6.04 Å². The van der Waals surface area contributed by atoms with Crippen LogP contribution in [0.4, 0.5) is 17.6 Å². The zero-order valence-corrected chi connectivity index (χ0v) is 19.3. The Kier molecular flexibility index (Phi) is 7.48. The molecule has 1 aliphatic rings. The first kappa shape index (κ1) is 23.1. The SMILES string of the molecule is C[C@@H](O)c1cc2cnc(Nc3ccc(OCCN(C)C)cn3)nc2c(N[C@H]2CCCOC2)n1. The molecular formula is C23H31N7O3. The molecule has 0 amide bonds. The molecule has 3 N–H and O–H groups in total. The molecule has 3 aromatic rings. The molecule has 0 spiro atoms. The molecular weight excluding hydrogens is 422 g/mol. The van der Waals surface area contributed by atoms with Crippen LogP contribution in [0.5, 0.6) is 5.75 Å². The summed E-state index contributed by atoms with van der Waals surface area (Å²) in [4.78, 5) is 20.2. The van der Waals surface area contributed by atoms with Crippen LogP contribution in [0.15, 0.2) is 30.6 Å².